The van der Waals surface area contributed by atoms with Crippen LogP contribution in [-0.2, 0) is 4.74 Å². The number of hydrogen-bond acceptors (Lipinski definition) is 5. The Balaban J connectivity index is 1.58. The Bertz CT molecular complexity index is 1100. The van der Waals surface area contributed by atoms with Crippen LogP contribution in [0.25, 0.3) is 33.0 Å². The molecule has 136 valence electrons. The summed E-state index contributed by atoms with van der Waals surface area (Å²) in [4.78, 5) is 15.1. The van der Waals surface area contributed by atoms with E-state index in [-0.39, 0.29) is 6.10 Å². The third-order valence-electron chi connectivity index (χ3n) is 4.67. The second-order valence-corrected chi connectivity index (χ2v) is 7.97. The van der Waals surface area contributed by atoms with E-state index in [0.29, 0.717) is 6.61 Å². The molecule has 0 spiro atoms. The smallest absolute Gasteiger partial charge is 0.172 e. The van der Waals surface area contributed by atoms with Gasteiger partial charge in [0.25, 0.3) is 0 Å². The summed E-state index contributed by atoms with van der Waals surface area (Å²) >= 11 is 1.70. The quantitative estimate of drug-likeness (QED) is 0.553. The van der Waals surface area contributed by atoms with E-state index in [4.69, 9.17) is 19.4 Å². The number of H-pyrrole nitrogens is 1. The summed E-state index contributed by atoms with van der Waals surface area (Å²) in [5.74, 6) is 1.59. The summed E-state index contributed by atoms with van der Waals surface area (Å²) in [6.07, 6.45) is 2.96. The van der Waals surface area contributed by atoms with E-state index < -0.39 is 0 Å². The van der Waals surface area contributed by atoms with Gasteiger partial charge in [0, 0.05) is 28.4 Å². The number of rotatable bonds is 4. The molecule has 27 heavy (non-hydrogen) atoms. The molecule has 0 amide bonds. The molecule has 1 saturated heterocycles. The zero-order chi connectivity index (χ0) is 18.2. The van der Waals surface area contributed by atoms with E-state index in [9.17, 15) is 0 Å². The van der Waals surface area contributed by atoms with Gasteiger partial charge in [0.15, 0.2) is 5.82 Å². The van der Waals surface area contributed by atoms with Gasteiger partial charge < -0.3 is 14.5 Å². The minimum atomic E-state index is 0.127. The van der Waals surface area contributed by atoms with Crippen LogP contribution in [0.2, 0.25) is 0 Å². The number of aromatic nitrogens is 3. The summed E-state index contributed by atoms with van der Waals surface area (Å²) in [6.45, 7) is 3.52. The molecule has 1 aromatic carbocycles. The molecular weight excluding hydrogens is 358 g/mol. The lowest BCUT2D eigenvalue weighted by Gasteiger charge is -2.13. The van der Waals surface area contributed by atoms with Gasteiger partial charge in [-0.25, -0.2) is 9.97 Å². The molecule has 1 aliphatic rings. The van der Waals surface area contributed by atoms with E-state index in [1.807, 2.05) is 24.4 Å². The number of ether oxygens (including phenoxy) is 2. The number of aromatic amines is 1. The van der Waals surface area contributed by atoms with Crippen LogP contribution in [0.15, 0.2) is 48.7 Å². The first kappa shape index (κ1) is 16.5. The monoisotopic (exact) mass is 377 g/mol. The molecule has 4 aromatic rings. The molecule has 1 aliphatic heterocycles. The molecule has 6 heteroatoms. The van der Waals surface area contributed by atoms with Crippen molar-refractivity contribution in [3.8, 4) is 27.7 Å². The highest BCUT2D eigenvalue weighted by molar-refractivity contribution is 7.15. The van der Waals surface area contributed by atoms with Crippen LogP contribution in [0, 0.1) is 6.92 Å². The van der Waals surface area contributed by atoms with Gasteiger partial charge in [0.05, 0.1) is 23.8 Å². The standard InChI is InChI=1S/C21H19N3O2S/c1-13-5-6-18(27-13)21-23-19(17-7-9-22-20(17)24-21)14-3-2-4-15(11-14)26-16-8-10-25-12-16/h2-7,9,11,16H,8,10,12H2,1H3,(H,22,23,24)/t16-/m1/s1. The largest absolute Gasteiger partial charge is 0.488 e. The number of nitrogens with one attached hydrogen (secondary N) is 1. The summed E-state index contributed by atoms with van der Waals surface area (Å²) in [6, 6.07) is 14.3. The number of nitrogens with zero attached hydrogens (tertiary/aromatic N) is 2. The maximum atomic E-state index is 6.08. The maximum absolute atomic E-state index is 6.08. The number of thiophene rings is 1. The van der Waals surface area contributed by atoms with Crippen LogP contribution in [0.4, 0.5) is 0 Å². The molecule has 1 atom stereocenters. The van der Waals surface area contributed by atoms with E-state index in [2.05, 4.69) is 36.2 Å². The average Bonchev–Trinajstić information content (AvgIpc) is 3.42. The fraction of sp³-hybridized carbons (Fsp3) is 0.238. The van der Waals surface area contributed by atoms with E-state index in [0.717, 1.165) is 51.8 Å². The van der Waals surface area contributed by atoms with Crippen molar-refractivity contribution in [3.05, 3.63) is 53.5 Å². The van der Waals surface area contributed by atoms with Crippen molar-refractivity contribution in [2.24, 2.45) is 0 Å². The lowest BCUT2D eigenvalue weighted by Crippen LogP contribution is -2.15. The van der Waals surface area contributed by atoms with Gasteiger partial charge in [-0.05, 0) is 37.3 Å². The molecule has 4 heterocycles. The molecule has 0 radical (unpaired) electrons. The van der Waals surface area contributed by atoms with Gasteiger partial charge in [-0.2, -0.15) is 0 Å². The van der Waals surface area contributed by atoms with Crippen LogP contribution in [0.3, 0.4) is 0 Å². The summed E-state index contributed by atoms with van der Waals surface area (Å²) in [5, 5.41) is 1.01. The normalized spacial score (nSPS) is 16.9. The van der Waals surface area contributed by atoms with Gasteiger partial charge in [0.2, 0.25) is 0 Å². The molecule has 0 saturated carbocycles. The Kier molecular flexibility index (Phi) is 4.14. The third kappa shape index (κ3) is 3.22. The Morgan fingerprint density at radius 1 is 1.19 bits per heavy atom. The first-order valence-electron chi connectivity index (χ1n) is 9.03. The molecular formula is C21H19N3O2S. The number of benzene rings is 1. The molecule has 1 N–H and O–H groups in total. The first-order valence-corrected chi connectivity index (χ1v) is 9.85. The van der Waals surface area contributed by atoms with Crippen LogP contribution in [0.1, 0.15) is 11.3 Å². The van der Waals surface area contributed by atoms with Gasteiger partial charge in [-0.3, -0.25) is 0 Å². The molecule has 5 rings (SSSR count). The summed E-state index contributed by atoms with van der Waals surface area (Å²) in [7, 11) is 0. The second-order valence-electron chi connectivity index (χ2n) is 6.68. The topological polar surface area (TPSA) is 60.0 Å². The Labute approximate surface area is 161 Å². The van der Waals surface area contributed by atoms with Crippen molar-refractivity contribution in [2.45, 2.75) is 19.4 Å². The molecule has 1 fully saturated rings. The van der Waals surface area contributed by atoms with Crippen LogP contribution < -0.4 is 4.74 Å². The van der Waals surface area contributed by atoms with E-state index in [1.54, 1.807) is 11.3 Å². The molecule has 5 nitrogen and oxygen atoms in total. The maximum Gasteiger partial charge on any atom is 0.172 e. The van der Waals surface area contributed by atoms with Gasteiger partial charge >= 0.3 is 0 Å². The van der Waals surface area contributed by atoms with Crippen molar-refractivity contribution < 1.29 is 9.47 Å². The fourth-order valence-electron chi connectivity index (χ4n) is 3.34. The van der Waals surface area contributed by atoms with Crippen molar-refractivity contribution in [2.75, 3.05) is 13.2 Å². The highest BCUT2D eigenvalue weighted by Gasteiger charge is 2.18. The predicted octanol–water partition coefficient (Wildman–Crippen LogP) is 4.83. The Hall–Kier alpha value is -2.70. The van der Waals surface area contributed by atoms with E-state index in [1.165, 1.54) is 4.88 Å². The van der Waals surface area contributed by atoms with Gasteiger partial charge in [-0.1, -0.05) is 12.1 Å². The van der Waals surface area contributed by atoms with Crippen molar-refractivity contribution >= 4 is 22.4 Å². The van der Waals surface area contributed by atoms with Crippen molar-refractivity contribution in [1.82, 2.24) is 15.0 Å². The van der Waals surface area contributed by atoms with Crippen molar-refractivity contribution in [1.29, 1.82) is 0 Å². The zero-order valence-electron chi connectivity index (χ0n) is 14.9. The molecule has 0 bridgehead atoms. The third-order valence-corrected chi connectivity index (χ3v) is 5.67. The SMILES string of the molecule is Cc1ccc(-c2nc(-c3cccc(O[C@@H]4CCOC4)c3)c3cc[nH]c3n2)s1. The van der Waals surface area contributed by atoms with Crippen LogP contribution >= 0.6 is 11.3 Å². The molecule has 3 aromatic heterocycles. The first-order chi connectivity index (χ1) is 13.3. The number of aryl methyl sites for hydroxylation is 1. The summed E-state index contributed by atoms with van der Waals surface area (Å²) in [5.41, 5.74) is 2.78. The zero-order valence-corrected chi connectivity index (χ0v) is 15.8. The Morgan fingerprint density at radius 3 is 2.96 bits per heavy atom. The lowest BCUT2D eigenvalue weighted by molar-refractivity contribution is 0.141. The molecule has 0 aliphatic carbocycles. The highest BCUT2D eigenvalue weighted by atomic mass is 32.1. The van der Waals surface area contributed by atoms with Gasteiger partial charge in [0.1, 0.15) is 17.5 Å². The molecule has 0 unspecified atom stereocenters. The van der Waals surface area contributed by atoms with Crippen LogP contribution in [0.5, 0.6) is 5.75 Å². The number of fused-ring (bicyclic) bond motifs is 1. The van der Waals surface area contributed by atoms with Crippen LogP contribution in [-0.4, -0.2) is 34.3 Å². The minimum Gasteiger partial charge on any atom is -0.488 e. The number of hydrogen-bond donors (Lipinski definition) is 1. The second kappa shape index (κ2) is 6.79. The average molecular weight is 377 g/mol. The summed E-state index contributed by atoms with van der Waals surface area (Å²) < 4.78 is 11.5. The minimum absolute atomic E-state index is 0.127. The Morgan fingerprint density at radius 2 is 2.15 bits per heavy atom. The fourth-order valence-corrected chi connectivity index (χ4v) is 4.14. The predicted molar refractivity (Wildman–Crippen MR) is 107 cm³/mol. The lowest BCUT2D eigenvalue weighted by atomic mass is 10.1. The van der Waals surface area contributed by atoms with Gasteiger partial charge in [-0.15, -0.1) is 11.3 Å². The van der Waals surface area contributed by atoms with E-state index >= 15 is 0 Å². The van der Waals surface area contributed by atoms with Crippen molar-refractivity contribution in [3.63, 3.8) is 0 Å². The highest BCUT2D eigenvalue weighted by Crippen LogP contribution is 2.33.